The quantitative estimate of drug-likeness (QED) is 0.817. The van der Waals surface area contributed by atoms with Crippen LogP contribution in [0.2, 0.25) is 0 Å². The number of hydrogen-bond acceptors (Lipinski definition) is 5. The van der Waals surface area contributed by atoms with Crippen LogP contribution >= 0.6 is 0 Å². The molecule has 110 valence electrons. The van der Waals surface area contributed by atoms with Crippen molar-refractivity contribution in [3.63, 3.8) is 0 Å². The Morgan fingerprint density at radius 2 is 1.95 bits per heavy atom. The van der Waals surface area contributed by atoms with Crippen LogP contribution in [0, 0.1) is 0 Å². The molecule has 0 saturated carbocycles. The number of aliphatic hydroxyl groups excluding tert-OH is 1. The van der Waals surface area contributed by atoms with Crippen molar-refractivity contribution in [2.45, 2.75) is 6.10 Å². The van der Waals surface area contributed by atoms with Crippen molar-refractivity contribution < 1.29 is 19.5 Å². The Kier molecular flexibility index (Phi) is 4.94. The van der Waals surface area contributed by atoms with E-state index in [1.54, 1.807) is 12.1 Å². The summed E-state index contributed by atoms with van der Waals surface area (Å²) in [4.78, 5) is 18.8. The van der Waals surface area contributed by atoms with Crippen LogP contribution in [0.5, 0.6) is 0 Å². The van der Waals surface area contributed by atoms with Crippen LogP contribution in [-0.4, -0.2) is 56.5 Å². The predicted octanol–water partition coefficient (Wildman–Crippen LogP) is 0.576. The lowest BCUT2D eigenvalue weighted by atomic mass is 10.1. The fourth-order valence-electron chi connectivity index (χ4n) is 2.09. The summed E-state index contributed by atoms with van der Waals surface area (Å²) in [7, 11) is 2.85. The molecule has 0 radical (unpaired) electrons. The fourth-order valence-corrected chi connectivity index (χ4v) is 2.09. The van der Waals surface area contributed by atoms with Gasteiger partial charge in [0.2, 0.25) is 0 Å². The van der Waals surface area contributed by atoms with E-state index >= 15 is 0 Å². The molecule has 6 nitrogen and oxygen atoms in total. The average molecular weight is 280 g/mol. The third kappa shape index (κ3) is 3.27. The highest BCUT2D eigenvalue weighted by Crippen LogP contribution is 2.21. The number of likely N-dealkylation sites (N-methyl/N-ethyl adjacent to an activating group) is 1. The summed E-state index contributed by atoms with van der Waals surface area (Å²) in [5.41, 5.74) is 1.62. The van der Waals surface area contributed by atoms with Crippen LogP contribution in [-0.2, 0) is 14.4 Å². The first kappa shape index (κ1) is 14.8. The van der Waals surface area contributed by atoms with Gasteiger partial charge in [0, 0.05) is 25.8 Å². The summed E-state index contributed by atoms with van der Waals surface area (Å²) in [6.07, 6.45) is -1.21. The Bertz CT molecular complexity index is 443. The van der Waals surface area contributed by atoms with Gasteiger partial charge >= 0.3 is 0 Å². The number of carbonyl (C=O) groups excluding carboxylic acids is 1. The highest BCUT2D eigenvalue weighted by Gasteiger charge is 2.21. The number of rotatable bonds is 4. The summed E-state index contributed by atoms with van der Waals surface area (Å²) in [5.74, 6) is -0.494. The molecule has 1 N–H and O–H groups in total. The van der Waals surface area contributed by atoms with Crippen LogP contribution in [0.15, 0.2) is 24.3 Å². The minimum Gasteiger partial charge on any atom is -0.378 e. The van der Waals surface area contributed by atoms with Crippen molar-refractivity contribution in [3.05, 3.63) is 29.8 Å². The molecule has 1 amide bonds. The molecule has 1 atom stereocenters. The molecule has 0 spiro atoms. The summed E-state index contributed by atoms with van der Waals surface area (Å²) in [6.45, 7) is 3.16. The third-order valence-corrected chi connectivity index (χ3v) is 3.40. The Morgan fingerprint density at radius 3 is 2.50 bits per heavy atom. The van der Waals surface area contributed by atoms with E-state index in [1.165, 1.54) is 14.2 Å². The van der Waals surface area contributed by atoms with Gasteiger partial charge in [0.05, 0.1) is 20.3 Å². The van der Waals surface area contributed by atoms with E-state index in [2.05, 4.69) is 4.90 Å². The van der Waals surface area contributed by atoms with Crippen LogP contribution in [0.4, 0.5) is 5.69 Å². The van der Waals surface area contributed by atoms with Gasteiger partial charge in [-0.1, -0.05) is 12.1 Å². The van der Waals surface area contributed by atoms with Gasteiger partial charge < -0.3 is 14.7 Å². The second kappa shape index (κ2) is 6.69. The fraction of sp³-hybridized carbons (Fsp3) is 0.500. The highest BCUT2D eigenvalue weighted by molar-refractivity contribution is 5.81. The molecule has 1 fully saturated rings. The molecule has 1 aliphatic heterocycles. The van der Waals surface area contributed by atoms with E-state index in [1.807, 2.05) is 12.1 Å². The van der Waals surface area contributed by atoms with E-state index in [-0.39, 0.29) is 0 Å². The van der Waals surface area contributed by atoms with Gasteiger partial charge in [-0.05, 0) is 17.7 Å². The van der Waals surface area contributed by atoms with Crippen LogP contribution in [0.25, 0.3) is 0 Å². The zero-order valence-corrected chi connectivity index (χ0v) is 11.8. The molecule has 0 aliphatic carbocycles. The summed E-state index contributed by atoms with van der Waals surface area (Å²) in [6, 6.07) is 7.33. The summed E-state index contributed by atoms with van der Waals surface area (Å²) < 4.78 is 5.31. The predicted molar refractivity (Wildman–Crippen MR) is 74.2 cm³/mol. The maximum Gasteiger partial charge on any atom is 0.279 e. The van der Waals surface area contributed by atoms with E-state index in [0.717, 1.165) is 37.1 Å². The van der Waals surface area contributed by atoms with E-state index in [0.29, 0.717) is 5.56 Å². The lowest BCUT2D eigenvalue weighted by Gasteiger charge is -2.29. The zero-order chi connectivity index (χ0) is 14.5. The van der Waals surface area contributed by atoms with Crippen LogP contribution in [0.1, 0.15) is 11.7 Å². The Balaban J connectivity index is 2.05. The molecular weight excluding hydrogens is 260 g/mol. The molecule has 1 aromatic carbocycles. The van der Waals surface area contributed by atoms with E-state index in [9.17, 15) is 9.90 Å². The van der Waals surface area contributed by atoms with Crippen molar-refractivity contribution >= 4 is 11.6 Å². The minimum absolute atomic E-state index is 0.494. The molecule has 1 aromatic rings. The highest BCUT2D eigenvalue weighted by atomic mass is 16.7. The third-order valence-electron chi connectivity index (χ3n) is 3.40. The van der Waals surface area contributed by atoms with Gasteiger partial charge in [0.15, 0.2) is 6.10 Å². The summed E-state index contributed by atoms with van der Waals surface area (Å²) in [5, 5.41) is 11.0. The lowest BCUT2D eigenvalue weighted by molar-refractivity contribution is -0.178. The second-order valence-corrected chi connectivity index (χ2v) is 4.61. The van der Waals surface area contributed by atoms with Gasteiger partial charge in [-0.3, -0.25) is 9.63 Å². The monoisotopic (exact) mass is 280 g/mol. The number of nitrogens with zero attached hydrogens (tertiary/aromatic N) is 2. The Morgan fingerprint density at radius 1 is 1.35 bits per heavy atom. The molecule has 6 heteroatoms. The number of amides is 1. The molecular formula is C14H20N2O4. The Hall–Kier alpha value is -1.63. The van der Waals surface area contributed by atoms with Crippen molar-refractivity contribution in [1.29, 1.82) is 0 Å². The average Bonchev–Trinajstić information content (AvgIpc) is 2.53. The molecule has 1 saturated heterocycles. The molecule has 1 unspecified atom stereocenters. The van der Waals surface area contributed by atoms with Gasteiger partial charge in [-0.15, -0.1) is 0 Å². The normalized spacial score (nSPS) is 16.9. The van der Waals surface area contributed by atoms with Crippen LogP contribution < -0.4 is 4.90 Å². The van der Waals surface area contributed by atoms with Crippen molar-refractivity contribution in [2.24, 2.45) is 0 Å². The van der Waals surface area contributed by atoms with Crippen molar-refractivity contribution in [3.8, 4) is 0 Å². The smallest absolute Gasteiger partial charge is 0.279 e. The van der Waals surface area contributed by atoms with E-state index in [4.69, 9.17) is 9.57 Å². The number of ether oxygens (including phenoxy) is 1. The van der Waals surface area contributed by atoms with Gasteiger partial charge in [-0.2, -0.15) is 0 Å². The molecule has 1 heterocycles. The SMILES string of the molecule is CON(C)C(=O)C(O)c1ccc(N2CCOCC2)cc1. The maximum atomic E-state index is 11.8. The summed E-state index contributed by atoms with van der Waals surface area (Å²) >= 11 is 0. The number of anilines is 1. The van der Waals surface area contributed by atoms with Gasteiger partial charge in [0.1, 0.15) is 0 Å². The first-order valence-electron chi connectivity index (χ1n) is 6.56. The van der Waals surface area contributed by atoms with Gasteiger partial charge in [-0.25, -0.2) is 5.06 Å². The van der Waals surface area contributed by atoms with Crippen molar-refractivity contribution in [2.75, 3.05) is 45.4 Å². The standard InChI is InChI=1S/C14H20N2O4/c1-15(19-2)14(18)13(17)11-3-5-12(6-4-11)16-7-9-20-10-8-16/h3-6,13,17H,7-10H2,1-2H3. The van der Waals surface area contributed by atoms with E-state index < -0.39 is 12.0 Å². The minimum atomic E-state index is -1.21. The topological polar surface area (TPSA) is 62.2 Å². The lowest BCUT2D eigenvalue weighted by Crippen LogP contribution is -2.36. The number of carbonyl (C=O) groups is 1. The number of morpholine rings is 1. The number of hydroxylamine groups is 2. The molecule has 20 heavy (non-hydrogen) atoms. The number of benzene rings is 1. The molecule has 1 aliphatic rings. The maximum absolute atomic E-state index is 11.8. The largest absolute Gasteiger partial charge is 0.378 e. The van der Waals surface area contributed by atoms with Crippen molar-refractivity contribution in [1.82, 2.24) is 5.06 Å². The second-order valence-electron chi connectivity index (χ2n) is 4.61. The molecule has 2 rings (SSSR count). The van der Waals surface area contributed by atoms with Crippen LogP contribution in [0.3, 0.4) is 0 Å². The first-order valence-corrected chi connectivity index (χ1v) is 6.56. The molecule has 0 bridgehead atoms. The number of aliphatic hydroxyl groups is 1. The molecule has 0 aromatic heterocycles. The first-order chi connectivity index (χ1) is 9.63. The zero-order valence-electron chi connectivity index (χ0n) is 11.8. The number of hydrogen-bond donors (Lipinski definition) is 1. The van der Waals surface area contributed by atoms with Gasteiger partial charge in [0.25, 0.3) is 5.91 Å². The Labute approximate surface area is 118 Å².